The summed E-state index contributed by atoms with van der Waals surface area (Å²) >= 11 is 1.36. The second-order valence-corrected chi connectivity index (χ2v) is 6.87. The van der Waals surface area contributed by atoms with Crippen molar-refractivity contribution in [3.8, 4) is 11.3 Å². The Labute approximate surface area is 155 Å². The van der Waals surface area contributed by atoms with Crippen LogP contribution in [0.2, 0.25) is 0 Å². The number of rotatable bonds is 5. The molecule has 0 radical (unpaired) electrons. The second-order valence-electron chi connectivity index (χ2n) is 6.01. The van der Waals surface area contributed by atoms with Crippen molar-refractivity contribution in [2.45, 2.75) is 33.2 Å². The maximum atomic E-state index is 12.7. The van der Waals surface area contributed by atoms with Gasteiger partial charge in [0.05, 0.1) is 5.69 Å². The molecule has 1 atom stereocenters. The number of hydrogen-bond acceptors (Lipinski definition) is 5. The first kappa shape index (κ1) is 18.0. The molecule has 3 aromatic rings. The van der Waals surface area contributed by atoms with Crippen LogP contribution < -0.4 is 11.0 Å². The van der Waals surface area contributed by atoms with Gasteiger partial charge in [0, 0.05) is 22.3 Å². The molecule has 0 aliphatic heterocycles. The highest BCUT2D eigenvalue weighted by atomic mass is 32.1. The molecule has 0 spiro atoms. The van der Waals surface area contributed by atoms with Gasteiger partial charge >= 0.3 is 5.69 Å². The Morgan fingerprint density at radius 1 is 1.23 bits per heavy atom. The average molecular weight is 368 g/mol. The zero-order chi connectivity index (χ0) is 18.7. The summed E-state index contributed by atoms with van der Waals surface area (Å²) in [5, 5.41) is 5.24. The Kier molecular flexibility index (Phi) is 5.27. The van der Waals surface area contributed by atoms with E-state index in [1.807, 2.05) is 49.6 Å². The van der Waals surface area contributed by atoms with Gasteiger partial charge in [-0.15, -0.1) is 11.3 Å². The maximum Gasteiger partial charge on any atom is 0.348 e. The molecule has 0 aliphatic carbocycles. The number of aromatic nitrogens is 3. The Bertz CT molecular complexity index is 979. The van der Waals surface area contributed by atoms with Crippen LogP contribution in [0, 0.1) is 13.8 Å². The molecular weight excluding hydrogens is 348 g/mol. The van der Waals surface area contributed by atoms with Crippen molar-refractivity contribution >= 4 is 22.4 Å². The van der Waals surface area contributed by atoms with E-state index in [-0.39, 0.29) is 5.91 Å². The zero-order valence-corrected chi connectivity index (χ0v) is 15.7. The minimum absolute atomic E-state index is 0.266. The number of aryl methyl sites for hydroxylation is 2. The van der Waals surface area contributed by atoms with Crippen LogP contribution in [-0.4, -0.2) is 20.4 Å². The molecule has 1 unspecified atom stereocenters. The van der Waals surface area contributed by atoms with E-state index in [4.69, 9.17) is 0 Å². The van der Waals surface area contributed by atoms with E-state index in [0.29, 0.717) is 22.9 Å². The number of nitrogens with one attached hydrogen (secondary N) is 1. The van der Waals surface area contributed by atoms with Crippen molar-refractivity contribution in [3.05, 3.63) is 63.7 Å². The fraction of sp³-hybridized carbons (Fsp3) is 0.263. The molecule has 0 bridgehead atoms. The van der Waals surface area contributed by atoms with Crippen LogP contribution in [0.15, 0.2) is 46.6 Å². The highest BCUT2D eigenvalue weighted by molar-refractivity contribution is 7.14. The summed E-state index contributed by atoms with van der Waals surface area (Å²) in [7, 11) is 0. The lowest BCUT2D eigenvalue weighted by Gasteiger charge is -2.19. The summed E-state index contributed by atoms with van der Waals surface area (Å²) < 4.78 is 1.44. The predicted molar refractivity (Wildman–Crippen MR) is 103 cm³/mol. The van der Waals surface area contributed by atoms with Crippen molar-refractivity contribution in [1.29, 1.82) is 0 Å². The van der Waals surface area contributed by atoms with E-state index in [2.05, 4.69) is 15.3 Å². The molecule has 0 saturated carbocycles. The number of thiazole rings is 1. The lowest BCUT2D eigenvalue weighted by Crippen LogP contribution is -2.36. The molecule has 0 fully saturated rings. The summed E-state index contributed by atoms with van der Waals surface area (Å²) in [6.45, 7) is 5.44. The number of hydrogen-bond donors (Lipinski definition) is 1. The molecule has 6 nitrogen and oxygen atoms in total. The molecule has 0 saturated heterocycles. The fourth-order valence-corrected chi connectivity index (χ4v) is 3.61. The SMILES string of the molecule is CCC(C(=O)Nc1nc(-c2ccccc2)cs1)n1c(C)cc(C)nc1=O. The predicted octanol–water partition coefficient (Wildman–Crippen LogP) is 3.57. The first-order chi connectivity index (χ1) is 12.5. The quantitative estimate of drug-likeness (QED) is 0.747. The van der Waals surface area contributed by atoms with Gasteiger partial charge < -0.3 is 5.32 Å². The van der Waals surface area contributed by atoms with Gasteiger partial charge in [-0.2, -0.15) is 4.98 Å². The van der Waals surface area contributed by atoms with Gasteiger partial charge in [-0.1, -0.05) is 37.3 Å². The largest absolute Gasteiger partial charge is 0.348 e. The number of anilines is 1. The van der Waals surface area contributed by atoms with E-state index in [9.17, 15) is 9.59 Å². The number of benzene rings is 1. The van der Waals surface area contributed by atoms with Gasteiger partial charge in [-0.05, 0) is 26.3 Å². The van der Waals surface area contributed by atoms with Crippen molar-refractivity contribution in [3.63, 3.8) is 0 Å². The molecule has 2 aromatic heterocycles. The molecule has 0 aliphatic rings. The second kappa shape index (κ2) is 7.61. The van der Waals surface area contributed by atoms with Crippen LogP contribution in [-0.2, 0) is 4.79 Å². The number of carbonyl (C=O) groups is 1. The lowest BCUT2D eigenvalue weighted by molar-refractivity contribution is -0.119. The van der Waals surface area contributed by atoms with Crippen molar-refractivity contribution in [2.75, 3.05) is 5.32 Å². The minimum Gasteiger partial charge on any atom is -0.300 e. The van der Waals surface area contributed by atoms with Crippen molar-refractivity contribution in [1.82, 2.24) is 14.5 Å². The van der Waals surface area contributed by atoms with Gasteiger partial charge in [0.1, 0.15) is 6.04 Å². The summed E-state index contributed by atoms with van der Waals surface area (Å²) in [4.78, 5) is 33.4. The molecule has 2 heterocycles. The highest BCUT2D eigenvalue weighted by Gasteiger charge is 2.23. The minimum atomic E-state index is -0.625. The molecule has 134 valence electrons. The third-order valence-corrected chi connectivity index (χ3v) is 4.84. The fourth-order valence-electron chi connectivity index (χ4n) is 2.89. The van der Waals surface area contributed by atoms with Crippen LogP contribution in [0.3, 0.4) is 0 Å². The zero-order valence-electron chi connectivity index (χ0n) is 14.9. The first-order valence-corrected chi connectivity index (χ1v) is 9.26. The summed E-state index contributed by atoms with van der Waals surface area (Å²) in [6.07, 6.45) is 0.480. The van der Waals surface area contributed by atoms with Crippen molar-refractivity contribution in [2.24, 2.45) is 0 Å². The van der Waals surface area contributed by atoms with Crippen LogP contribution in [0.1, 0.15) is 30.8 Å². The molecule has 1 amide bonds. The monoisotopic (exact) mass is 368 g/mol. The van der Waals surface area contributed by atoms with Crippen LogP contribution in [0.25, 0.3) is 11.3 Å². The standard InChI is InChI=1S/C19H20N4O2S/c1-4-16(23-13(3)10-12(2)20-19(23)25)17(24)22-18-21-15(11-26-18)14-8-6-5-7-9-14/h5-11,16H,4H2,1-3H3,(H,21,22,24). The topological polar surface area (TPSA) is 76.9 Å². The van der Waals surface area contributed by atoms with Gasteiger partial charge in [-0.25, -0.2) is 9.78 Å². The van der Waals surface area contributed by atoms with E-state index in [1.54, 1.807) is 13.0 Å². The van der Waals surface area contributed by atoms with Gasteiger partial charge in [0.25, 0.3) is 0 Å². The molecule has 1 N–H and O–H groups in total. The van der Waals surface area contributed by atoms with Crippen LogP contribution >= 0.6 is 11.3 Å². The van der Waals surface area contributed by atoms with E-state index in [0.717, 1.165) is 11.3 Å². The third kappa shape index (κ3) is 3.72. The van der Waals surface area contributed by atoms with E-state index in [1.165, 1.54) is 15.9 Å². The summed E-state index contributed by atoms with van der Waals surface area (Å²) in [6, 6.07) is 10.9. The Hall–Kier alpha value is -2.80. The van der Waals surface area contributed by atoms with Gasteiger partial charge in [0.15, 0.2) is 5.13 Å². The third-order valence-electron chi connectivity index (χ3n) is 4.08. The Balaban J connectivity index is 1.83. The van der Waals surface area contributed by atoms with Gasteiger partial charge in [-0.3, -0.25) is 9.36 Å². The summed E-state index contributed by atoms with van der Waals surface area (Å²) in [5.41, 5.74) is 2.75. The van der Waals surface area contributed by atoms with Gasteiger partial charge in [0.2, 0.25) is 5.91 Å². The number of nitrogens with zero attached hydrogens (tertiary/aromatic N) is 3. The smallest absolute Gasteiger partial charge is 0.300 e. The number of amides is 1. The molecule has 3 rings (SSSR count). The van der Waals surface area contributed by atoms with E-state index < -0.39 is 11.7 Å². The molecule has 7 heteroatoms. The average Bonchev–Trinajstić information content (AvgIpc) is 3.07. The normalized spacial score (nSPS) is 12.0. The van der Waals surface area contributed by atoms with Crippen molar-refractivity contribution < 1.29 is 4.79 Å². The van der Waals surface area contributed by atoms with E-state index >= 15 is 0 Å². The van der Waals surface area contributed by atoms with Crippen LogP contribution in [0.4, 0.5) is 5.13 Å². The summed E-state index contributed by atoms with van der Waals surface area (Å²) in [5.74, 6) is -0.266. The van der Waals surface area contributed by atoms with Crippen LogP contribution in [0.5, 0.6) is 0 Å². The lowest BCUT2D eigenvalue weighted by atomic mass is 10.2. The Morgan fingerprint density at radius 3 is 2.62 bits per heavy atom. The maximum absolute atomic E-state index is 12.7. The number of carbonyl (C=O) groups excluding carboxylic acids is 1. The first-order valence-electron chi connectivity index (χ1n) is 8.38. The molecule has 1 aromatic carbocycles. The molecular formula is C19H20N4O2S. The Morgan fingerprint density at radius 2 is 1.96 bits per heavy atom. The molecule has 26 heavy (non-hydrogen) atoms. The highest BCUT2D eigenvalue weighted by Crippen LogP contribution is 2.25.